The highest BCUT2D eigenvalue weighted by atomic mass is 16.1. The van der Waals surface area contributed by atoms with Crippen LogP contribution in [-0.2, 0) is 9.59 Å². The molecule has 4 nitrogen and oxygen atoms in total. The highest BCUT2D eigenvalue weighted by Gasteiger charge is 2.05. The van der Waals surface area contributed by atoms with Gasteiger partial charge in [0.15, 0.2) is 0 Å². The van der Waals surface area contributed by atoms with Gasteiger partial charge < -0.3 is 10.6 Å². The fourth-order valence-corrected chi connectivity index (χ4v) is 0.723. The molecule has 2 amide bonds. The summed E-state index contributed by atoms with van der Waals surface area (Å²) in [4.78, 5) is 20.8. The third-order valence-corrected chi connectivity index (χ3v) is 1.22. The highest BCUT2D eigenvalue weighted by Crippen LogP contribution is 1.87. The smallest absolute Gasteiger partial charge is 0.222 e. The van der Waals surface area contributed by atoms with Gasteiger partial charge in [-0.05, 0) is 13.8 Å². The fourth-order valence-electron chi connectivity index (χ4n) is 0.723. The first-order valence-electron chi connectivity index (χ1n) is 3.67. The molecule has 64 valence electrons. The van der Waals surface area contributed by atoms with E-state index in [1.165, 1.54) is 0 Å². The largest absolute Gasteiger partial charge is 0.356 e. The van der Waals surface area contributed by atoms with E-state index in [4.69, 9.17) is 0 Å². The topological polar surface area (TPSA) is 58.2 Å². The average molecular weight is 158 g/mol. The molecule has 0 fully saturated rings. The Morgan fingerprint density at radius 2 is 2.27 bits per heavy atom. The lowest BCUT2D eigenvalue weighted by molar-refractivity contribution is -0.121. The van der Waals surface area contributed by atoms with Gasteiger partial charge in [-0.1, -0.05) is 0 Å². The molecule has 0 rings (SSSR count). The number of carbonyl (C=O) groups is 2. The summed E-state index contributed by atoms with van der Waals surface area (Å²) in [7, 11) is 0. The van der Waals surface area contributed by atoms with Crippen LogP contribution in [0.2, 0.25) is 0 Å². The molecule has 4 heteroatoms. The molecule has 0 heterocycles. The lowest BCUT2D eigenvalue weighted by Crippen LogP contribution is -2.32. The van der Waals surface area contributed by atoms with Crippen molar-refractivity contribution in [2.45, 2.75) is 26.3 Å². The van der Waals surface area contributed by atoms with Crippen LogP contribution < -0.4 is 10.6 Å². The van der Waals surface area contributed by atoms with Crippen LogP contribution in [0.4, 0.5) is 0 Å². The van der Waals surface area contributed by atoms with E-state index in [0.29, 0.717) is 19.4 Å². The molecule has 0 aliphatic heterocycles. The van der Waals surface area contributed by atoms with E-state index in [1.807, 2.05) is 6.92 Å². The number of hydrogen-bond donors (Lipinski definition) is 2. The molecule has 0 aliphatic rings. The average Bonchev–Trinajstić information content (AvgIpc) is 1.87. The first kappa shape index (κ1) is 9.94. The van der Waals surface area contributed by atoms with Gasteiger partial charge in [0, 0.05) is 19.0 Å². The summed E-state index contributed by atoms with van der Waals surface area (Å²) in [6.07, 6.45) is 0.941. The quantitative estimate of drug-likeness (QED) is 0.537. The van der Waals surface area contributed by atoms with E-state index in [9.17, 15) is 9.59 Å². The zero-order valence-corrected chi connectivity index (χ0v) is 6.89. The van der Waals surface area contributed by atoms with E-state index in [-0.39, 0.29) is 11.9 Å². The Balaban J connectivity index is 3.48. The van der Waals surface area contributed by atoms with Gasteiger partial charge in [0.25, 0.3) is 0 Å². The number of amides is 2. The minimum absolute atomic E-state index is 0.0330. The summed E-state index contributed by atoms with van der Waals surface area (Å²) in [5, 5.41) is 5.13. The molecule has 0 saturated heterocycles. The zero-order valence-electron chi connectivity index (χ0n) is 6.89. The van der Waals surface area contributed by atoms with Crippen LogP contribution in [0.5, 0.6) is 0 Å². The van der Waals surface area contributed by atoms with Gasteiger partial charge >= 0.3 is 0 Å². The molecular weight excluding hydrogens is 144 g/mol. The van der Waals surface area contributed by atoms with Gasteiger partial charge in [0.2, 0.25) is 12.3 Å². The minimum Gasteiger partial charge on any atom is -0.356 e. The molecular formula is C7H14N2O2. The van der Waals surface area contributed by atoms with Crippen molar-refractivity contribution in [3.63, 3.8) is 0 Å². The van der Waals surface area contributed by atoms with Gasteiger partial charge in [-0.15, -0.1) is 0 Å². The third-order valence-electron chi connectivity index (χ3n) is 1.22. The summed E-state index contributed by atoms with van der Waals surface area (Å²) in [5.41, 5.74) is 0. The molecule has 1 unspecified atom stereocenters. The molecule has 0 spiro atoms. The summed E-state index contributed by atoms with van der Waals surface area (Å²) in [6.45, 7) is 4.27. The standard InChI is InChI=1S/C7H14N2O2/c1-3-8-7(11)4-6(2)9-5-10/h5-6H,3-4H2,1-2H3,(H,8,11)(H,9,10). The SMILES string of the molecule is CCNC(=O)CC(C)NC=O. The van der Waals surface area contributed by atoms with Crippen molar-refractivity contribution in [1.29, 1.82) is 0 Å². The summed E-state index contributed by atoms with van der Waals surface area (Å²) in [6, 6.07) is -0.0842. The second kappa shape index (κ2) is 5.70. The lowest BCUT2D eigenvalue weighted by atomic mass is 10.2. The Kier molecular flexibility index (Phi) is 5.15. The molecule has 0 aromatic carbocycles. The van der Waals surface area contributed by atoms with Crippen molar-refractivity contribution in [1.82, 2.24) is 10.6 Å². The predicted octanol–water partition coefficient (Wildman–Crippen LogP) is -0.353. The molecule has 0 aromatic heterocycles. The Bertz CT molecular complexity index is 136. The van der Waals surface area contributed by atoms with Crippen molar-refractivity contribution in [3.8, 4) is 0 Å². The maximum absolute atomic E-state index is 10.9. The van der Waals surface area contributed by atoms with E-state index in [0.717, 1.165) is 0 Å². The molecule has 0 saturated carbocycles. The second-order valence-electron chi connectivity index (χ2n) is 2.34. The molecule has 0 aliphatic carbocycles. The van der Waals surface area contributed by atoms with Crippen molar-refractivity contribution < 1.29 is 9.59 Å². The number of hydrogen-bond acceptors (Lipinski definition) is 2. The van der Waals surface area contributed by atoms with Crippen LogP contribution in [0.15, 0.2) is 0 Å². The Hall–Kier alpha value is -1.06. The van der Waals surface area contributed by atoms with Gasteiger partial charge in [-0.2, -0.15) is 0 Å². The normalized spacial score (nSPS) is 11.8. The van der Waals surface area contributed by atoms with E-state index in [2.05, 4.69) is 10.6 Å². The zero-order chi connectivity index (χ0) is 8.69. The van der Waals surface area contributed by atoms with Crippen LogP contribution >= 0.6 is 0 Å². The molecule has 2 N–H and O–H groups in total. The predicted molar refractivity (Wildman–Crippen MR) is 42.0 cm³/mol. The van der Waals surface area contributed by atoms with Crippen molar-refractivity contribution >= 4 is 12.3 Å². The van der Waals surface area contributed by atoms with E-state index in [1.54, 1.807) is 6.92 Å². The van der Waals surface area contributed by atoms with Crippen LogP contribution in [-0.4, -0.2) is 24.9 Å². The van der Waals surface area contributed by atoms with Crippen LogP contribution in [0.25, 0.3) is 0 Å². The van der Waals surface area contributed by atoms with E-state index < -0.39 is 0 Å². The number of nitrogens with one attached hydrogen (secondary N) is 2. The molecule has 11 heavy (non-hydrogen) atoms. The Morgan fingerprint density at radius 3 is 2.73 bits per heavy atom. The number of rotatable bonds is 5. The van der Waals surface area contributed by atoms with E-state index >= 15 is 0 Å². The first-order valence-corrected chi connectivity index (χ1v) is 3.67. The highest BCUT2D eigenvalue weighted by molar-refractivity contribution is 5.76. The third kappa shape index (κ3) is 5.39. The van der Waals surface area contributed by atoms with Crippen molar-refractivity contribution in [2.24, 2.45) is 0 Å². The van der Waals surface area contributed by atoms with Crippen molar-refractivity contribution in [3.05, 3.63) is 0 Å². The minimum atomic E-state index is -0.0842. The monoisotopic (exact) mass is 158 g/mol. The summed E-state index contributed by atoms with van der Waals surface area (Å²) >= 11 is 0. The second-order valence-corrected chi connectivity index (χ2v) is 2.34. The number of carbonyl (C=O) groups excluding carboxylic acids is 2. The van der Waals surface area contributed by atoms with Gasteiger partial charge in [-0.3, -0.25) is 9.59 Å². The van der Waals surface area contributed by atoms with Crippen LogP contribution in [0.1, 0.15) is 20.3 Å². The fraction of sp³-hybridized carbons (Fsp3) is 0.714. The summed E-state index contributed by atoms with van der Waals surface area (Å²) < 4.78 is 0. The summed E-state index contributed by atoms with van der Waals surface area (Å²) in [5.74, 6) is -0.0330. The van der Waals surface area contributed by atoms with Gasteiger partial charge in [0.1, 0.15) is 0 Å². The molecule has 0 aromatic rings. The van der Waals surface area contributed by atoms with Crippen LogP contribution in [0, 0.1) is 0 Å². The Morgan fingerprint density at radius 1 is 1.64 bits per heavy atom. The van der Waals surface area contributed by atoms with Gasteiger partial charge in [0.05, 0.1) is 0 Å². The maximum Gasteiger partial charge on any atom is 0.222 e. The van der Waals surface area contributed by atoms with Gasteiger partial charge in [-0.25, -0.2) is 0 Å². The molecule has 0 radical (unpaired) electrons. The molecule has 0 bridgehead atoms. The first-order chi connectivity index (χ1) is 5.20. The van der Waals surface area contributed by atoms with Crippen molar-refractivity contribution in [2.75, 3.05) is 6.54 Å². The molecule has 1 atom stereocenters. The maximum atomic E-state index is 10.9. The van der Waals surface area contributed by atoms with Crippen LogP contribution in [0.3, 0.4) is 0 Å². The Labute approximate surface area is 66.4 Å². The lowest BCUT2D eigenvalue weighted by Gasteiger charge is -2.08.